The SMILES string of the molecule is O=C([S-])CC(C(=O)[O-])c1nc2ccccc2s1.[Co+2]. The average molecular weight is 324 g/mol. The topological polar surface area (TPSA) is 70.1 Å². The van der Waals surface area contributed by atoms with Gasteiger partial charge >= 0.3 is 16.8 Å². The minimum atomic E-state index is -1.32. The van der Waals surface area contributed by atoms with E-state index in [4.69, 9.17) is 0 Å². The standard InChI is InChI=1S/C11H9NO3S2.Co/c13-9(16)5-6(11(14)15)10-12-7-3-1-2-4-8(7)17-10;/h1-4,6H,5H2,(H,13,16)(H,14,15);/q;+2/p-2. The van der Waals surface area contributed by atoms with Gasteiger partial charge in [0.15, 0.2) is 0 Å². The average Bonchev–Trinajstić information content (AvgIpc) is 2.68. The maximum Gasteiger partial charge on any atom is 2.00 e. The third-order valence-electron chi connectivity index (χ3n) is 2.26. The summed E-state index contributed by atoms with van der Waals surface area (Å²) >= 11 is 5.65. The third-order valence-corrected chi connectivity index (χ3v) is 3.58. The number of hydrogen-bond acceptors (Lipinski definition) is 6. The molecule has 4 nitrogen and oxygen atoms in total. The van der Waals surface area contributed by atoms with Crippen LogP contribution in [0.3, 0.4) is 0 Å². The Labute approximate surface area is 123 Å². The number of aliphatic carboxylic acids is 1. The molecule has 0 N–H and O–H groups in total. The second-order valence-corrected chi connectivity index (χ2v) is 4.99. The molecular formula is C11H7CoNO3S2. The molecule has 0 saturated heterocycles. The second kappa shape index (κ2) is 6.23. The van der Waals surface area contributed by atoms with Gasteiger partial charge in [-0.25, -0.2) is 4.98 Å². The summed E-state index contributed by atoms with van der Waals surface area (Å²) in [6.45, 7) is 0. The zero-order valence-corrected chi connectivity index (χ0v) is 11.6. The second-order valence-electron chi connectivity index (χ2n) is 3.47. The molecule has 95 valence electrons. The Hall–Kier alpha value is -1.02. The fraction of sp³-hybridized carbons (Fsp3) is 0.182. The van der Waals surface area contributed by atoms with Gasteiger partial charge in [0.2, 0.25) is 0 Å². The molecule has 0 aliphatic heterocycles. The van der Waals surface area contributed by atoms with Crippen molar-refractivity contribution in [1.82, 2.24) is 4.98 Å². The maximum atomic E-state index is 11.0. The first-order valence-electron chi connectivity index (χ1n) is 4.84. The molecule has 1 atom stereocenters. The zero-order valence-electron chi connectivity index (χ0n) is 8.92. The number of carbonyl (C=O) groups excluding carboxylic acids is 2. The molecule has 0 aliphatic carbocycles. The number of rotatable bonds is 4. The van der Waals surface area contributed by atoms with Gasteiger partial charge in [-0.05, 0) is 18.6 Å². The molecule has 0 fully saturated rings. The van der Waals surface area contributed by atoms with Crippen molar-refractivity contribution in [1.29, 1.82) is 0 Å². The molecule has 0 spiro atoms. The number of nitrogens with zero attached hydrogens (tertiary/aromatic N) is 1. The fourth-order valence-electron chi connectivity index (χ4n) is 1.48. The minimum Gasteiger partial charge on any atom is -0.742 e. The van der Waals surface area contributed by atoms with Crippen LogP contribution in [0.25, 0.3) is 10.2 Å². The van der Waals surface area contributed by atoms with Gasteiger partial charge in [0.1, 0.15) is 5.01 Å². The fourth-order valence-corrected chi connectivity index (χ4v) is 2.70. The third kappa shape index (κ3) is 3.26. The molecule has 2 aromatic rings. The molecule has 1 radical (unpaired) electrons. The number of fused-ring (bicyclic) bond motifs is 1. The number of benzene rings is 1. The van der Waals surface area contributed by atoms with Crippen LogP contribution < -0.4 is 5.11 Å². The molecular weight excluding hydrogens is 317 g/mol. The largest absolute Gasteiger partial charge is 2.00 e. The van der Waals surface area contributed by atoms with Crippen LogP contribution in [-0.2, 0) is 39.0 Å². The van der Waals surface area contributed by atoms with Gasteiger partial charge in [0, 0.05) is 5.12 Å². The molecule has 1 unspecified atom stereocenters. The molecule has 0 bridgehead atoms. The van der Waals surface area contributed by atoms with Crippen molar-refractivity contribution in [2.45, 2.75) is 12.3 Å². The van der Waals surface area contributed by atoms with Crippen molar-refractivity contribution in [3.05, 3.63) is 29.3 Å². The van der Waals surface area contributed by atoms with Crippen molar-refractivity contribution >= 4 is 45.3 Å². The van der Waals surface area contributed by atoms with Crippen molar-refractivity contribution in [3.8, 4) is 0 Å². The monoisotopic (exact) mass is 324 g/mol. The van der Waals surface area contributed by atoms with Gasteiger partial charge in [0.25, 0.3) is 0 Å². The van der Waals surface area contributed by atoms with Crippen molar-refractivity contribution in [2.24, 2.45) is 0 Å². The summed E-state index contributed by atoms with van der Waals surface area (Å²) < 4.78 is 0.880. The summed E-state index contributed by atoms with van der Waals surface area (Å²) in [6, 6.07) is 7.30. The molecule has 0 amide bonds. The van der Waals surface area contributed by atoms with E-state index in [0.29, 0.717) is 5.01 Å². The predicted octanol–water partition coefficient (Wildman–Crippen LogP) is 0.591. The molecule has 1 heterocycles. The van der Waals surface area contributed by atoms with Crippen molar-refractivity contribution < 1.29 is 31.5 Å². The predicted molar refractivity (Wildman–Crippen MR) is 64.4 cm³/mol. The van der Waals surface area contributed by atoms with Crippen molar-refractivity contribution in [2.75, 3.05) is 0 Å². The van der Waals surface area contributed by atoms with Crippen LogP contribution in [0.2, 0.25) is 0 Å². The summed E-state index contributed by atoms with van der Waals surface area (Å²) in [6.07, 6.45) is -0.252. The maximum absolute atomic E-state index is 11.0. The summed E-state index contributed by atoms with van der Waals surface area (Å²) in [5.41, 5.74) is 0.718. The molecule has 2 rings (SSSR count). The first-order chi connectivity index (χ1) is 8.08. The number of hydrogen-bond donors (Lipinski definition) is 0. The van der Waals surface area contributed by atoms with Gasteiger partial charge in [-0.2, -0.15) is 0 Å². The molecule has 0 aliphatic rings. The summed E-state index contributed by atoms with van der Waals surface area (Å²) in [7, 11) is 0. The first-order valence-corrected chi connectivity index (χ1v) is 6.06. The van der Waals surface area contributed by atoms with Gasteiger partial charge in [-0.15, -0.1) is 11.3 Å². The molecule has 1 aromatic carbocycles. The number of carboxylic acids is 1. The van der Waals surface area contributed by atoms with E-state index in [1.807, 2.05) is 18.2 Å². The van der Waals surface area contributed by atoms with E-state index in [1.54, 1.807) is 6.07 Å². The summed E-state index contributed by atoms with van der Waals surface area (Å²) in [5, 5.41) is 10.7. The molecule has 18 heavy (non-hydrogen) atoms. The summed E-state index contributed by atoms with van der Waals surface area (Å²) in [4.78, 5) is 26.0. The Kier molecular flexibility index (Phi) is 5.21. The Morgan fingerprint density at radius 1 is 1.39 bits per heavy atom. The van der Waals surface area contributed by atoms with E-state index in [1.165, 1.54) is 11.3 Å². The number of aromatic nitrogens is 1. The van der Waals surface area contributed by atoms with E-state index in [9.17, 15) is 14.7 Å². The van der Waals surface area contributed by atoms with Gasteiger partial charge in [-0.1, -0.05) is 12.1 Å². The quantitative estimate of drug-likeness (QED) is 0.770. The van der Waals surface area contributed by atoms with Crippen LogP contribution in [-0.4, -0.2) is 16.1 Å². The van der Waals surface area contributed by atoms with Crippen LogP contribution in [0, 0.1) is 0 Å². The summed E-state index contributed by atoms with van der Waals surface area (Å²) in [5.74, 6) is -2.36. The number of thiazole rings is 1. The van der Waals surface area contributed by atoms with Crippen molar-refractivity contribution in [3.63, 3.8) is 0 Å². The van der Waals surface area contributed by atoms with E-state index >= 15 is 0 Å². The van der Waals surface area contributed by atoms with E-state index in [0.717, 1.165) is 10.2 Å². The number of carbonyl (C=O) groups is 2. The van der Waals surface area contributed by atoms with Crippen LogP contribution in [0.5, 0.6) is 0 Å². The normalized spacial score (nSPS) is 11.8. The Bertz CT molecular complexity index is 551. The van der Waals surface area contributed by atoms with Gasteiger partial charge in [0.05, 0.1) is 22.1 Å². The first kappa shape index (κ1) is 15.0. The van der Waals surface area contributed by atoms with Crippen LogP contribution in [0.15, 0.2) is 24.3 Å². The van der Waals surface area contributed by atoms with E-state index in [2.05, 4.69) is 17.6 Å². The zero-order chi connectivity index (χ0) is 12.4. The van der Waals surface area contributed by atoms with E-state index < -0.39 is 17.0 Å². The Balaban J connectivity index is 0.00000162. The Morgan fingerprint density at radius 3 is 2.61 bits per heavy atom. The number of carboxylic acid groups (broad SMARTS) is 1. The smallest absolute Gasteiger partial charge is 0.742 e. The molecule has 7 heteroatoms. The molecule has 0 saturated carbocycles. The Morgan fingerprint density at radius 2 is 2.06 bits per heavy atom. The number of para-hydroxylation sites is 1. The molecule has 1 aromatic heterocycles. The van der Waals surface area contributed by atoms with Crippen LogP contribution in [0.4, 0.5) is 0 Å². The van der Waals surface area contributed by atoms with Gasteiger partial charge in [-0.3, -0.25) is 0 Å². The van der Waals surface area contributed by atoms with E-state index in [-0.39, 0.29) is 23.2 Å². The minimum absolute atomic E-state index is 0. The van der Waals surface area contributed by atoms with Crippen LogP contribution >= 0.6 is 11.3 Å². The van der Waals surface area contributed by atoms with Gasteiger partial charge < -0.3 is 27.3 Å². The van der Waals surface area contributed by atoms with Crippen LogP contribution in [0.1, 0.15) is 17.3 Å².